The maximum absolute atomic E-state index is 11.1. The van der Waals surface area contributed by atoms with Crippen LogP contribution in [0.3, 0.4) is 0 Å². The highest BCUT2D eigenvalue weighted by Gasteiger charge is 2.64. The first-order valence-electron chi connectivity index (χ1n) is 9.16. The predicted molar refractivity (Wildman–Crippen MR) is 89.9 cm³/mol. The molecule has 0 spiro atoms. The number of rotatable bonds is 3. The molecule has 1 aromatic rings. The van der Waals surface area contributed by atoms with Crippen molar-refractivity contribution in [2.24, 2.45) is 10.8 Å². The topological polar surface area (TPSA) is 45.2 Å². The van der Waals surface area contributed by atoms with Crippen molar-refractivity contribution in [1.82, 2.24) is 9.80 Å². The zero-order valence-corrected chi connectivity index (χ0v) is 14.5. The summed E-state index contributed by atoms with van der Waals surface area (Å²) in [5.41, 5.74) is 1.34. The number of hydrogen-bond donors (Lipinski definition) is 1. The zero-order valence-electron chi connectivity index (χ0n) is 14.5. The van der Waals surface area contributed by atoms with Gasteiger partial charge in [-0.25, -0.2) is 0 Å². The average molecular weight is 330 g/mol. The van der Waals surface area contributed by atoms with Crippen molar-refractivity contribution < 1.29 is 14.6 Å². The largest absolute Gasteiger partial charge is 0.454 e. The monoisotopic (exact) mass is 330 g/mol. The minimum Gasteiger partial charge on any atom is -0.454 e. The van der Waals surface area contributed by atoms with Gasteiger partial charge >= 0.3 is 0 Å². The molecule has 4 fully saturated rings. The number of hydrogen-bond acceptors (Lipinski definition) is 5. The van der Waals surface area contributed by atoms with Crippen LogP contribution in [-0.4, -0.2) is 54.0 Å². The van der Waals surface area contributed by atoms with E-state index in [2.05, 4.69) is 35.8 Å². The number of nitrogens with zero attached hydrogens (tertiary/aromatic N) is 2. The lowest BCUT2D eigenvalue weighted by Gasteiger charge is -2.69. The van der Waals surface area contributed by atoms with Crippen LogP contribution in [0, 0.1) is 10.8 Å². The Morgan fingerprint density at radius 2 is 1.58 bits per heavy atom. The van der Waals surface area contributed by atoms with E-state index >= 15 is 0 Å². The molecule has 5 aliphatic heterocycles. The molecule has 5 aliphatic rings. The number of ether oxygens (including phenoxy) is 2. The van der Waals surface area contributed by atoms with Gasteiger partial charge in [-0.2, -0.15) is 0 Å². The van der Waals surface area contributed by atoms with Crippen molar-refractivity contribution in [2.45, 2.75) is 39.0 Å². The first-order valence-corrected chi connectivity index (χ1v) is 9.16. The van der Waals surface area contributed by atoms with Gasteiger partial charge in [0.15, 0.2) is 11.5 Å². The molecule has 0 unspecified atom stereocenters. The summed E-state index contributed by atoms with van der Waals surface area (Å²) < 4.78 is 11.0. The van der Waals surface area contributed by atoms with E-state index in [1.54, 1.807) is 0 Å². The summed E-state index contributed by atoms with van der Waals surface area (Å²) in [6.07, 6.45) is 2.20. The molecule has 5 heteroatoms. The molecule has 0 aliphatic carbocycles. The summed E-state index contributed by atoms with van der Waals surface area (Å²) in [5, 5.41) is 11.1. The smallest absolute Gasteiger partial charge is 0.231 e. The SMILES string of the molecule is CCC12CN3CC(CC)(CN(C1)C3c1ccc3c(c1)OCO3)C2O. The van der Waals surface area contributed by atoms with Crippen molar-refractivity contribution in [1.29, 1.82) is 0 Å². The van der Waals surface area contributed by atoms with Crippen LogP contribution in [0.25, 0.3) is 0 Å². The van der Waals surface area contributed by atoms with Gasteiger partial charge in [0, 0.05) is 37.0 Å². The second kappa shape index (κ2) is 4.87. The summed E-state index contributed by atoms with van der Waals surface area (Å²) >= 11 is 0. The van der Waals surface area contributed by atoms with Gasteiger partial charge in [0.25, 0.3) is 0 Å². The van der Waals surface area contributed by atoms with E-state index in [0.717, 1.165) is 50.5 Å². The molecule has 0 atom stereocenters. The first-order chi connectivity index (χ1) is 11.6. The van der Waals surface area contributed by atoms with Gasteiger partial charge in [-0.3, -0.25) is 9.80 Å². The molecular formula is C19H26N2O3. The van der Waals surface area contributed by atoms with Gasteiger partial charge in [-0.15, -0.1) is 0 Å². The lowest BCUT2D eigenvalue weighted by molar-refractivity contribution is -0.266. The Morgan fingerprint density at radius 3 is 2.17 bits per heavy atom. The predicted octanol–water partition coefficient (Wildman–Crippen LogP) is 2.21. The lowest BCUT2D eigenvalue weighted by atomic mass is 9.57. The van der Waals surface area contributed by atoms with Crippen LogP contribution < -0.4 is 9.47 Å². The fraction of sp³-hybridized carbons (Fsp3) is 0.684. The van der Waals surface area contributed by atoms with Crippen molar-refractivity contribution in [3.63, 3.8) is 0 Å². The van der Waals surface area contributed by atoms with Gasteiger partial charge in [0.2, 0.25) is 6.79 Å². The quantitative estimate of drug-likeness (QED) is 0.921. The van der Waals surface area contributed by atoms with Crippen molar-refractivity contribution in [2.75, 3.05) is 33.0 Å². The third-order valence-corrected chi connectivity index (χ3v) is 7.03. The summed E-state index contributed by atoms with van der Waals surface area (Å²) in [7, 11) is 0. The van der Waals surface area contributed by atoms with E-state index in [0.29, 0.717) is 13.0 Å². The van der Waals surface area contributed by atoms with Gasteiger partial charge in [0.1, 0.15) is 0 Å². The van der Waals surface area contributed by atoms with Gasteiger partial charge < -0.3 is 14.6 Å². The molecule has 24 heavy (non-hydrogen) atoms. The van der Waals surface area contributed by atoms with Gasteiger partial charge in [-0.1, -0.05) is 19.9 Å². The van der Waals surface area contributed by atoms with E-state index in [1.807, 2.05) is 6.07 Å². The molecule has 4 saturated heterocycles. The van der Waals surface area contributed by atoms with Crippen LogP contribution >= 0.6 is 0 Å². The van der Waals surface area contributed by atoms with Crippen LogP contribution in [0.2, 0.25) is 0 Å². The maximum Gasteiger partial charge on any atom is 0.231 e. The van der Waals surface area contributed by atoms with Gasteiger partial charge in [-0.05, 0) is 30.5 Å². The van der Waals surface area contributed by atoms with Crippen LogP contribution in [0.4, 0.5) is 0 Å². The third kappa shape index (κ3) is 1.75. The van der Waals surface area contributed by atoms with Crippen molar-refractivity contribution in [3.8, 4) is 11.5 Å². The van der Waals surface area contributed by atoms with E-state index < -0.39 is 0 Å². The Balaban J connectivity index is 1.53. The summed E-state index contributed by atoms with van der Waals surface area (Å²) in [5.74, 6) is 1.71. The van der Waals surface area contributed by atoms with Crippen LogP contribution in [0.1, 0.15) is 38.4 Å². The maximum atomic E-state index is 11.1. The number of fused-ring (bicyclic) bond motifs is 1. The van der Waals surface area contributed by atoms with Crippen LogP contribution in [0.15, 0.2) is 18.2 Å². The van der Waals surface area contributed by atoms with E-state index in [-0.39, 0.29) is 16.9 Å². The Bertz CT molecular complexity index is 637. The molecule has 0 saturated carbocycles. The van der Waals surface area contributed by atoms with Gasteiger partial charge in [0.05, 0.1) is 12.3 Å². The van der Waals surface area contributed by atoms with E-state index in [4.69, 9.17) is 9.47 Å². The average Bonchev–Trinajstić information content (AvgIpc) is 3.06. The standard InChI is InChI=1S/C19H26N2O3/c1-3-18-8-20-10-19(4-2,17(18)22)11-21(9-18)16(20)13-5-6-14-15(7-13)24-12-23-14/h5-7,16-17,22H,3-4,8-12H2,1-2H3. The molecule has 130 valence electrons. The third-order valence-electron chi connectivity index (χ3n) is 7.03. The fourth-order valence-electron chi connectivity index (χ4n) is 5.73. The van der Waals surface area contributed by atoms with Crippen LogP contribution in [0.5, 0.6) is 11.5 Å². The fourth-order valence-corrected chi connectivity index (χ4v) is 5.73. The molecule has 1 N–H and O–H groups in total. The number of aliphatic hydroxyl groups is 1. The molecule has 0 aromatic heterocycles. The lowest BCUT2D eigenvalue weighted by Crippen LogP contribution is -2.78. The molecule has 4 bridgehead atoms. The second-order valence-corrected chi connectivity index (χ2v) is 8.13. The highest BCUT2D eigenvalue weighted by molar-refractivity contribution is 5.45. The Kier molecular flexibility index (Phi) is 3.04. The molecular weight excluding hydrogens is 304 g/mol. The normalized spacial score (nSPS) is 45.0. The zero-order chi connectivity index (χ0) is 16.5. The van der Waals surface area contributed by atoms with Crippen LogP contribution in [-0.2, 0) is 0 Å². The Morgan fingerprint density at radius 1 is 1.00 bits per heavy atom. The highest BCUT2D eigenvalue weighted by atomic mass is 16.7. The Hall–Kier alpha value is -1.30. The molecule has 0 amide bonds. The molecule has 5 heterocycles. The first kappa shape index (κ1) is 15.0. The van der Waals surface area contributed by atoms with Crippen molar-refractivity contribution >= 4 is 0 Å². The highest BCUT2D eigenvalue weighted by Crippen LogP contribution is 2.57. The summed E-state index contributed by atoms with van der Waals surface area (Å²) in [4.78, 5) is 5.18. The minimum absolute atomic E-state index is 0.0271. The second-order valence-electron chi connectivity index (χ2n) is 8.13. The molecule has 0 radical (unpaired) electrons. The number of piperidine rings is 2. The van der Waals surface area contributed by atoms with E-state index in [9.17, 15) is 5.11 Å². The summed E-state index contributed by atoms with van der Waals surface area (Å²) in [6, 6.07) is 6.35. The summed E-state index contributed by atoms with van der Waals surface area (Å²) in [6.45, 7) is 8.74. The molecule has 1 aromatic carbocycles. The molecule has 5 nitrogen and oxygen atoms in total. The number of aliphatic hydroxyl groups excluding tert-OH is 1. The van der Waals surface area contributed by atoms with E-state index in [1.165, 1.54) is 5.56 Å². The minimum atomic E-state index is -0.176. The Labute approximate surface area is 143 Å². The van der Waals surface area contributed by atoms with Crippen molar-refractivity contribution in [3.05, 3.63) is 23.8 Å². The molecule has 6 rings (SSSR count). The number of benzene rings is 1.